The molecule has 0 aliphatic carbocycles. The zero-order valence-electron chi connectivity index (χ0n) is 18.5. The first-order valence-corrected chi connectivity index (χ1v) is 10.8. The van der Waals surface area contributed by atoms with Gasteiger partial charge in [0, 0.05) is 29.9 Å². The second kappa shape index (κ2) is 11.6. The average Bonchev–Trinajstić information content (AvgIpc) is 3.34. The van der Waals surface area contributed by atoms with Gasteiger partial charge in [0.2, 0.25) is 0 Å². The summed E-state index contributed by atoms with van der Waals surface area (Å²) < 4.78 is 11.4. The largest absolute Gasteiger partial charge is 0.490 e. The van der Waals surface area contributed by atoms with Gasteiger partial charge in [-0.25, -0.2) is 5.43 Å². The third-order valence-corrected chi connectivity index (χ3v) is 5.10. The Bertz CT molecular complexity index is 1000. The first kappa shape index (κ1) is 23.0. The molecule has 0 bridgehead atoms. The number of carbonyl (C=O) groups excluding carboxylic acids is 1. The first-order valence-electron chi connectivity index (χ1n) is 10.8. The van der Waals surface area contributed by atoms with E-state index in [1.165, 1.54) is 12.8 Å². The fourth-order valence-electron chi connectivity index (χ4n) is 3.63. The van der Waals surface area contributed by atoms with Crippen LogP contribution in [-0.4, -0.2) is 38.4 Å². The lowest BCUT2D eigenvalue weighted by Crippen LogP contribution is -2.19. The number of amides is 1. The molecule has 3 rings (SSSR count). The van der Waals surface area contributed by atoms with E-state index >= 15 is 0 Å². The fourth-order valence-corrected chi connectivity index (χ4v) is 3.63. The molecule has 0 unspecified atom stereocenters. The van der Waals surface area contributed by atoms with Crippen LogP contribution in [0, 0.1) is 12.3 Å². The van der Waals surface area contributed by atoms with Crippen molar-refractivity contribution in [3.8, 4) is 23.8 Å². The second-order valence-electron chi connectivity index (χ2n) is 7.37. The predicted octanol–water partition coefficient (Wildman–Crippen LogP) is 4.19. The van der Waals surface area contributed by atoms with E-state index in [1.54, 1.807) is 12.3 Å². The van der Waals surface area contributed by atoms with Gasteiger partial charge in [-0.15, -0.1) is 13.0 Å². The average molecular weight is 432 g/mol. The number of anilines is 1. The Labute approximate surface area is 189 Å². The molecule has 0 saturated carbocycles. The zero-order valence-corrected chi connectivity index (χ0v) is 18.5. The van der Waals surface area contributed by atoms with E-state index in [-0.39, 0.29) is 12.5 Å². The van der Waals surface area contributed by atoms with Gasteiger partial charge in [0.1, 0.15) is 6.61 Å². The van der Waals surface area contributed by atoms with Crippen LogP contribution in [0.15, 0.2) is 54.2 Å². The molecule has 6 heteroatoms. The van der Waals surface area contributed by atoms with Gasteiger partial charge in [0.15, 0.2) is 11.5 Å². The second-order valence-corrected chi connectivity index (χ2v) is 7.37. The molecule has 1 saturated heterocycles. The summed E-state index contributed by atoms with van der Waals surface area (Å²) in [6, 6.07) is 11.3. The highest BCUT2D eigenvalue weighted by Gasteiger charge is 2.14. The number of ether oxygens (including phenoxy) is 2. The lowest BCUT2D eigenvalue weighted by molar-refractivity contribution is 0.0955. The van der Waals surface area contributed by atoms with Gasteiger partial charge in [-0.3, -0.25) is 4.79 Å². The quantitative estimate of drug-likeness (QED) is 0.265. The van der Waals surface area contributed by atoms with Crippen LogP contribution in [0.1, 0.15) is 41.3 Å². The van der Waals surface area contributed by atoms with Crippen LogP contribution in [0.2, 0.25) is 0 Å². The van der Waals surface area contributed by atoms with Gasteiger partial charge in [0.25, 0.3) is 5.91 Å². The number of rotatable bonds is 10. The number of carbonyl (C=O) groups is 1. The van der Waals surface area contributed by atoms with Crippen molar-refractivity contribution >= 4 is 17.8 Å². The maximum Gasteiger partial charge on any atom is 0.271 e. The molecule has 2 aromatic carbocycles. The predicted molar refractivity (Wildman–Crippen MR) is 129 cm³/mol. The molecule has 0 spiro atoms. The van der Waals surface area contributed by atoms with Crippen molar-refractivity contribution in [2.45, 2.75) is 26.2 Å². The SMILES string of the molecule is C#CCOc1c(CC=C)cc(/C=N\NC(=O)c2ccc(N3CCCC3)cc2)cc1OCC. The third-order valence-electron chi connectivity index (χ3n) is 5.10. The number of terminal acetylenes is 1. The lowest BCUT2D eigenvalue weighted by Gasteiger charge is -2.17. The summed E-state index contributed by atoms with van der Waals surface area (Å²) in [5, 5.41) is 4.12. The van der Waals surface area contributed by atoms with E-state index in [4.69, 9.17) is 15.9 Å². The van der Waals surface area contributed by atoms with Gasteiger partial charge < -0.3 is 14.4 Å². The van der Waals surface area contributed by atoms with Gasteiger partial charge in [-0.1, -0.05) is 12.0 Å². The highest BCUT2D eigenvalue weighted by Crippen LogP contribution is 2.33. The minimum Gasteiger partial charge on any atom is -0.490 e. The van der Waals surface area contributed by atoms with Gasteiger partial charge >= 0.3 is 0 Å². The van der Waals surface area contributed by atoms with Gasteiger partial charge in [-0.2, -0.15) is 5.10 Å². The molecule has 2 aromatic rings. The van der Waals surface area contributed by atoms with Crippen molar-refractivity contribution < 1.29 is 14.3 Å². The van der Waals surface area contributed by atoms with E-state index in [2.05, 4.69) is 27.9 Å². The standard InChI is InChI=1S/C26H29N3O3/c1-4-9-22-17-20(18-24(31-6-3)25(22)32-16-5-2)19-27-28-26(30)21-10-12-23(13-11-21)29-14-7-8-15-29/h2,4,10-13,17-19H,1,6-9,14-16H2,3H3,(H,28,30)/b27-19-. The molecular formula is C26H29N3O3. The molecule has 0 aromatic heterocycles. The smallest absolute Gasteiger partial charge is 0.271 e. The highest BCUT2D eigenvalue weighted by atomic mass is 16.5. The Morgan fingerprint density at radius 1 is 1.25 bits per heavy atom. The maximum absolute atomic E-state index is 12.5. The monoisotopic (exact) mass is 431 g/mol. The van der Waals surface area contributed by atoms with Crippen LogP contribution in [0.5, 0.6) is 11.5 Å². The normalized spacial score (nSPS) is 13.1. The van der Waals surface area contributed by atoms with Crippen LogP contribution in [0.25, 0.3) is 0 Å². The first-order chi connectivity index (χ1) is 15.7. The number of nitrogens with zero attached hydrogens (tertiary/aromatic N) is 2. The van der Waals surface area contributed by atoms with Crippen LogP contribution < -0.4 is 19.8 Å². The minimum absolute atomic E-state index is 0.143. The Balaban J connectivity index is 1.71. The van der Waals surface area contributed by atoms with E-state index in [0.29, 0.717) is 30.1 Å². The lowest BCUT2D eigenvalue weighted by atomic mass is 10.1. The van der Waals surface area contributed by atoms with Crippen molar-refractivity contribution in [2.75, 3.05) is 31.2 Å². The molecule has 1 amide bonds. The third kappa shape index (κ3) is 5.92. The number of benzene rings is 2. The maximum atomic E-state index is 12.5. The minimum atomic E-state index is -0.264. The molecule has 166 valence electrons. The summed E-state index contributed by atoms with van der Waals surface area (Å²) in [4.78, 5) is 14.8. The molecule has 1 N–H and O–H groups in total. The summed E-state index contributed by atoms with van der Waals surface area (Å²) in [5.74, 6) is 3.38. The molecule has 1 aliphatic heterocycles. The Kier molecular flexibility index (Phi) is 8.33. The molecule has 32 heavy (non-hydrogen) atoms. The Morgan fingerprint density at radius 2 is 2.00 bits per heavy atom. The number of hydrogen-bond acceptors (Lipinski definition) is 5. The van der Waals surface area contributed by atoms with E-state index in [9.17, 15) is 4.79 Å². The van der Waals surface area contributed by atoms with Crippen molar-refractivity contribution in [1.29, 1.82) is 0 Å². The summed E-state index contributed by atoms with van der Waals surface area (Å²) in [6.45, 7) is 8.46. The van der Waals surface area contributed by atoms with Gasteiger partial charge in [-0.05, 0) is 68.1 Å². The van der Waals surface area contributed by atoms with Crippen LogP contribution in [-0.2, 0) is 6.42 Å². The van der Waals surface area contributed by atoms with Crippen LogP contribution >= 0.6 is 0 Å². The molecule has 1 fully saturated rings. The summed E-state index contributed by atoms with van der Waals surface area (Å²) in [7, 11) is 0. The van der Waals surface area contributed by atoms with Crippen LogP contribution in [0.3, 0.4) is 0 Å². The van der Waals surface area contributed by atoms with Crippen molar-refractivity contribution in [3.63, 3.8) is 0 Å². The fraction of sp³-hybridized carbons (Fsp3) is 0.308. The van der Waals surface area contributed by atoms with Crippen molar-refractivity contribution in [1.82, 2.24) is 5.43 Å². The van der Waals surface area contributed by atoms with E-state index in [1.807, 2.05) is 43.3 Å². The molecule has 6 nitrogen and oxygen atoms in total. The van der Waals surface area contributed by atoms with Crippen molar-refractivity contribution in [2.24, 2.45) is 5.10 Å². The molecule has 0 radical (unpaired) electrons. The molecule has 1 heterocycles. The summed E-state index contributed by atoms with van der Waals surface area (Å²) >= 11 is 0. The Hall–Kier alpha value is -3.72. The van der Waals surface area contributed by atoms with E-state index in [0.717, 1.165) is 29.9 Å². The van der Waals surface area contributed by atoms with Crippen LogP contribution in [0.4, 0.5) is 5.69 Å². The van der Waals surface area contributed by atoms with Crippen molar-refractivity contribution in [3.05, 3.63) is 65.7 Å². The molecule has 0 atom stereocenters. The number of hydrogen-bond donors (Lipinski definition) is 1. The van der Waals surface area contributed by atoms with Gasteiger partial charge in [0.05, 0.1) is 12.8 Å². The molecule has 1 aliphatic rings. The molecular weight excluding hydrogens is 402 g/mol. The summed E-state index contributed by atoms with van der Waals surface area (Å²) in [6.07, 6.45) is 11.7. The Morgan fingerprint density at radius 3 is 2.66 bits per heavy atom. The topological polar surface area (TPSA) is 63.2 Å². The highest BCUT2D eigenvalue weighted by molar-refractivity contribution is 5.95. The number of hydrazone groups is 1. The number of nitrogens with one attached hydrogen (secondary N) is 1. The number of allylic oxidation sites excluding steroid dienone is 1. The zero-order chi connectivity index (χ0) is 22.8. The van der Waals surface area contributed by atoms with E-state index < -0.39 is 0 Å². The summed E-state index contributed by atoms with van der Waals surface area (Å²) in [5.41, 5.74) is 5.94.